The third-order valence-electron chi connectivity index (χ3n) is 6.50. The van der Waals surface area contributed by atoms with Crippen molar-refractivity contribution in [2.75, 3.05) is 32.0 Å². The molecule has 2 fully saturated rings. The summed E-state index contributed by atoms with van der Waals surface area (Å²) in [6.45, 7) is 5.87. The van der Waals surface area contributed by atoms with Crippen molar-refractivity contribution < 1.29 is 0 Å². The average Bonchev–Trinajstić information content (AvgIpc) is 2.98. The number of hydrogen-bond acceptors (Lipinski definition) is 2. The molecule has 0 radical (unpaired) electrons. The zero-order valence-electron chi connectivity index (χ0n) is 16.3. The number of rotatable bonds is 3. The molecule has 0 unspecified atom stereocenters. The maximum atomic E-state index is 4.55. The van der Waals surface area contributed by atoms with E-state index in [9.17, 15) is 0 Å². The molecular formula is C23H31N3. The predicted octanol–water partition coefficient (Wildman–Crippen LogP) is 4.35. The van der Waals surface area contributed by atoms with E-state index in [0.717, 1.165) is 25.2 Å². The predicted molar refractivity (Wildman–Crippen MR) is 110 cm³/mol. The van der Waals surface area contributed by atoms with Crippen LogP contribution in [-0.2, 0) is 11.8 Å². The summed E-state index contributed by atoms with van der Waals surface area (Å²) in [6.07, 6.45) is 9.87. The minimum Gasteiger partial charge on any atom is -0.343 e. The summed E-state index contributed by atoms with van der Waals surface area (Å²) in [4.78, 5) is 7.12. The Morgan fingerprint density at radius 3 is 2.62 bits per heavy atom. The van der Waals surface area contributed by atoms with Gasteiger partial charge >= 0.3 is 0 Å². The molecule has 1 aliphatic carbocycles. The fraction of sp³-hybridized carbons (Fsp3) is 0.609. The summed E-state index contributed by atoms with van der Waals surface area (Å²) >= 11 is 0. The van der Waals surface area contributed by atoms with E-state index in [1.54, 1.807) is 0 Å². The van der Waals surface area contributed by atoms with Gasteiger partial charge in [-0.1, -0.05) is 37.7 Å². The van der Waals surface area contributed by atoms with E-state index in [0.29, 0.717) is 0 Å². The Hall–Kier alpha value is -1.79. The quantitative estimate of drug-likeness (QED) is 0.822. The maximum absolute atomic E-state index is 4.55. The summed E-state index contributed by atoms with van der Waals surface area (Å²) in [7, 11) is 1.91. The molecule has 2 heterocycles. The first-order valence-electron chi connectivity index (χ1n) is 10.4. The van der Waals surface area contributed by atoms with Gasteiger partial charge in [0, 0.05) is 31.3 Å². The van der Waals surface area contributed by atoms with E-state index < -0.39 is 0 Å². The van der Waals surface area contributed by atoms with Gasteiger partial charge in [0.05, 0.1) is 5.41 Å². The van der Waals surface area contributed by atoms with E-state index in [1.807, 2.05) is 7.05 Å². The number of aliphatic imine (C=N–C) groups is 1. The summed E-state index contributed by atoms with van der Waals surface area (Å²) in [5.74, 6) is 8.08. The molecule has 0 aromatic heterocycles. The Balaban J connectivity index is 1.52. The van der Waals surface area contributed by atoms with Gasteiger partial charge in [-0.3, -0.25) is 4.99 Å². The number of likely N-dealkylation sites (tertiary alicyclic amines) is 1. The molecule has 1 saturated heterocycles. The molecule has 0 bridgehead atoms. The van der Waals surface area contributed by atoms with Crippen LogP contribution in [0.15, 0.2) is 17.1 Å². The zero-order valence-corrected chi connectivity index (χ0v) is 16.3. The summed E-state index contributed by atoms with van der Waals surface area (Å²) in [5.41, 5.74) is 5.46. The molecule has 0 amide bonds. The van der Waals surface area contributed by atoms with Crippen molar-refractivity contribution >= 4 is 11.5 Å². The van der Waals surface area contributed by atoms with Crippen LogP contribution in [0.25, 0.3) is 0 Å². The number of hydrogen-bond donors (Lipinski definition) is 1. The second-order valence-corrected chi connectivity index (χ2v) is 8.00. The maximum Gasteiger partial charge on any atom is 0.111 e. The fourth-order valence-corrected chi connectivity index (χ4v) is 4.79. The normalized spacial score (nSPS) is 22.5. The van der Waals surface area contributed by atoms with Gasteiger partial charge in [0.25, 0.3) is 0 Å². The van der Waals surface area contributed by atoms with Crippen LogP contribution in [0.2, 0.25) is 0 Å². The number of aryl methyl sites for hydroxylation is 1. The van der Waals surface area contributed by atoms with Crippen molar-refractivity contribution in [2.24, 2.45) is 4.99 Å². The number of benzene rings is 1. The Kier molecular flexibility index (Phi) is 5.05. The Labute approximate surface area is 158 Å². The number of piperidine rings is 1. The van der Waals surface area contributed by atoms with Gasteiger partial charge < -0.3 is 10.2 Å². The van der Waals surface area contributed by atoms with Crippen molar-refractivity contribution in [1.82, 2.24) is 4.90 Å². The number of nitrogens with one attached hydrogen (secondary N) is 1. The lowest BCUT2D eigenvalue weighted by atomic mass is 9.64. The molecule has 138 valence electrons. The van der Waals surface area contributed by atoms with Crippen molar-refractivity contribution in [2.45, 2.75) is 63.7 Å². The number of nitrogens with zero attached hydrogens (tertiary/aromatic N) is 2. The van der Waals surface area contributed by atoms with Gasteiger partial charge in [0.1, 0.15) is 5.84 Å². The van der Waals surface area contributed by atoms with E-state index in [4.69, 9.17) is 0 Å². The smallest absolute Gasteiger partial charge is 0.111 e. The Bertz CT molecular complexity index is 756. The Morgan fingerprint density at radius 1 is 1.15 bits per heavy atom. The lowest BCUT2D eigenvalue weighted by molar-refractivity contribution is 0.234. The second kappa shape index (κ2) is 7.45. The second-order valence-electron chi connectivity index (χ2n) is 8.00. The first-order chi connectivity index (χ1) is 12.8. The van der Waals surface area contributed by atoms with Gasteiger partial charge in [0.2, 0.25) is 0 Å². The first-order valence-corrected chi connectivity index (χ1v) is 10.4. The number of amidine groups is 1. The van der Waals surface area contributed by atoms with Crippen LogP contribution in [0, 0.1) is 11.8 Å². The van der Waals surface area contributed by atoms with Crippen LogP contribution in [-0.4, -0.2) is 37.4 Å². The molecule has 4 rings (SSSR count). The van der Waals surface area contributed by atoms with Crippen LogP contribution in [0.5, 0.6) is 0 Å². The molecular weight excluding hydrogens is 318 g/mol. The van der Waals surface area contributed by atoms with E-state index >= 15 is 0 Å². The standard InChI is InChI=1S/C23H31N3/c1-3-18-16-20-21(25-22(24-2)23(20)11-9-12-23)17-19(18)10-5-8-15-26-13-6-4-7-14-26/h16-17H,3-4,6-9,11-15H2,1-2H3,(H,24,25). The molecule has 1 aromatic carbocycles. The molecule has 3 aliphatic rings. The van der Waals surface area contributed by atoms with Gasteiger partial charge in [0.15, 0.2) is 0 Å². The lowest BCUT2D eigenvalue weighted by Crippen LogP contribution is -2.41. The highest BCUT2D eigenvalue weighted by Gasteiger charge is 2.49. The van der Waals surface area contributed by atoms with Crippen LogP contribution in [0.4, 0.5) is 5.69 Å². The van der Waals surface area contributed by atoms with E-state index in [-0.39, 0.29) is 5.41 Å². The van der Waals surface area contributed by atoms with Crippen LogP contribution >= 0.6 is 0 Å². The molecule has 1 saturated carbocycles. The van der Waals surface area contributed by atoms with Crippen molar-refractivity contribution in [3.05, 3.63) is 28.8 Å². The summed E-state index contributed by atoms with van der Waals surface area (Å²) in [5, 5.41) is 3.58. The van der Waals surface area contributed by atoms with Crippen molar-refractivity contribution in [1.29, 1.82) is 0 Å². The third kappa shape index (κ3) is 3.05. The van der Waals surface area contributed by atoms with Crippen molar-refractivity contribution in [3.8, 4) is 11.8 Å². The van der Waals surface area contributed by atoms with Crippen LogP contribution in [0.1, 0.15) is 68.6 Å². The highest BCUT2D eigenvalue weighted by atomic mass is 15.1. The number of fused-ring (bicyclic) bond motifs is 2. The highest BCUT2D eigenvalue weighted by molar-refractivity contribution is 6.10. The van der Waals surface area contributed by atoms with Gasteiger partial charge in [-0.05, 0) is 62.4 Å². The molecule has 3 heteroatoms. The largest absolute Gasteiger partial charge is 0.343 e. The van der Waals surface area contributed by atoms with Crippen LogP contribution in [0.3, 0.4) is 0 Å². The Morgan fingerprint density at radius 2 is 1.96 bits per heavy atom. The monoisotopic (exact) mass is 349 g/mol. The molecule has 2 aliphatic heterocycles. The lowest BCUT2D eigenvalue weighted by Gasteiger charge is -2.38. The van der Waals surface area contributed by atoms with Gasteiger partial charge in [-0.25, -0.2) is 0 Å². The first kappa shape index (κ1) is 17.6. The summed E-state index contributed by atoms with van der Waals surface area (Å²) < 4.78 is 0. The molecule has 1 spiro atoms. The van der Waals surface area contributed by atoms with Crippen molar-refractivity contribution in [3.63, 3.8) is 0 Å². The SMILES string of the molecule is CCc1cc2c(cc1C#CCCN1CCCCC1)NC(=NC)C21CCC1. The number of anilines is 1. The van der Waals surface area contributed by atoms with Gasteiger partial charge in [-0.15, -0.1) is 0 Å². The van der Waals surface area contributed by atoms with Gasteiger partial charge in [-0.2, -0.15) is 0 Å². The highest BCUT2D eigenvalue weighted by Crippen LogP contribution is 2.52. The fourth-order valence-electron chi connectivity index (χ4n) is 4.79. The molecule has 26 heavy (non-hydrogen) atoms. The third-order valence-corrected chi connectivity index (χ3v) is 6.50. The molecule has 0 atom stereocenters. The van der Waals surface area contributed by atoms with E-state index in [2.05, 4.69) is 46.1 Å². The minimum absolute atomic E-state index is 0.175. The molecule has 1 aromatic rings. The average molecular weight is 350 g/mol. The molecule has 1 N–H and O–H groups in total. The van der Waals surface area contributed by atoms with Crippen LogP contribution < -0.4 is 5.32 Å². The topological polar surface area (TPSA) is 27.6 Å². The van der Waals surface area contributed by atoms with E-state index in [1.165, 1.54) is 74.0 Å². The molecule has 3 nitrogen and oxygen atoms in total. The summed E-state index contributed by atoms with van der Waals surface area (Å²) in [6, 6.07) is 4.69. The minimum atomic E-state index is 0.175. The zero-order chi connectivity index (χ0) is 18.0.